The van der Waals surface area contributed by atoms with E-state index < -0.39 is 6.10 Å². The van der Waals surface area contributed by atoms with Gasteiger partial charge in [-0.1, -0.05) is 107 Å². The SMILES string of the molecule is CC(C)[C@@H](C)/C=C/[C@@H](C)[C@H]1CC[C@H]2C3=CC=C4C[C@H](O)CC(OC(=O)/C=C/c5ccccc5)[C@@]4(C)[C@@H]3CC[C@]12C. The molecule has 3 fully saturated rings. The second-order valence-corrected chi connectivity index (χ2v) is 14.1. The number of rotatable bonds is 7. The average molecular weight is 543 g/mol. The molecule has 1 unspecified atom stereocenters. The van der Waals surface area contributed by atoms with Crippen LogP contribution in [-0.2, 0) is 9.53 Å². The minimum absolute atomic E-state index is 0.267. The molecule has 4 aliphatic carbocycles. The first-order valence-corrected chi connectivity index (χ1v) is 15.7. The summed E-state index contributed by atoms with van der Waals surface area (Å²) in [5, 5.41) is 10.8. The molecule has 0 amide bonds. The van der Waals surface area contributed by atoms with Gasteiger partial charge in [-0.25, -0.2) is 4.79 Å². The summed E-state index contributed by atoms with van der Waals surface area (Å²) in [6, 6.07) is 9.84. The Morgan fingerprint density at radius 2 is 1.75 bits per heavy atom. The smallest absolute Gasteiger partial charge is 0.331 e. The van der Waals surface area contributed by atoms with Crippen molar-refractivity contribution in [2.75, 3.05) is 0 Å². The molecular formula is C37H50O3. The minimum atomic E-state index is -0.476. The Morgan fingerprint density at radius 3 is 2.48 bits per heavy atom. The first kappa shape index (κ1) is 29.1. The maximum atomic E-state index is 13.0. The largest absolute Gasteiger partial charge is 0.458 e. The third-order valence-corrected chi connectivity index (χ3v) is 11.6. The van der Waals surface area contributed by atoms with Crippen molar-refractivity contribution < 1.29 is 14.6 Å². The summed E-state index contributed by atoms with van der Waals surface area (Å²) in [7, 11) is 0. The highest BCUT2D eigenvalue weighted by atomic mass is 16.5. The molecule has 216 valence electrons. The van der Waals surface area contributed by atoms with Gasteiger partial charge in [-0.05, 0) is 84.7 Å². The van der Waals surface area contributed by atoms with Crippen molar-refractivity contribution in [2.24, 2.45) is 46.3 Å². The molecule has 3 heteroatoms. The highest BCUT2D eigenvalue weighted by Crippen LogP contribution is 2.66. The van der Waals surface area contributed by atoms with E-state index in [0.717, 1.165) is 12.0 Å². The second kappa shape index (κ2) is 11.5. The fourth-order valence-electron chi connectivity index (χ4n) is 8.71. The van der Waals surface area contributed by atoms with E-state index in [1.807, 2.05) is 36.4 Å². The predicted molar refractivity (Wildman–Crippen MR) is 164 cm³/mol. The molecule has 1 aromatic carbocycles. The average Bonchev–Trinajstić information content (AvgIpc) is 3.29. The fourth-order valence-corrected chi connectivity index (χ4v) is 8.71. The Balaban J connectivity index is 1.37. The van der Waals surface area contributed by atoms with Crippen molar-refractivity contribution in [1.82, 2.24) is 0 Å². The van der Waals surface area contributed by atoms with Crippen LogP contribution in [0.25, 0.3) is 6.08 Å². The molecule has 1 aromatic rings. The van der Waals surface area contributed by atoms with Crippen molar-refractivity contribution >= 4 is 12.0 Å². The third-order valence-electron chi connectivity index (χ3n) is 11.6. The number of aliphatic hydroxyl groups excluding tert-OH is 1. The lowest BCUT2D eigenvalue weighted by Gasteiger charge is -2.57. The van der Waals surface area contributed by atoms with Crippen molar-refractivity contribution in [1.29, 1.82) is 0 Å². The van der Waals surface area contributed by atoms with Gasteiger partial charge in [0.2, 0.25) is 0 Å². The number of fused-ring (bicyclic) bond motifs is 5. The number of aliphatic hydroxyl groups is 1. The molecule has 5 rings (SSSR count). The van der Waals surface area contributed by atoms with Crippen LogP contribution in [0.15, 0.2) is 71.9 Å². The molecule has 0 heterocycles. The summed E-state index contributed by atoms with van der Waals surface area (Å²) in [6.07, 6.45) is 18.2. The van der Waals surface area contributed by atoms with Crippen LogP contribution < -0.4 is 0 Å². The van der Waals surface area contributed by atoms with Gasteiger partial charge in [-0.3, -0.25) is 0 Å². The normalized spacial score (nSPS) is 37.0. The van der Waals surface area contributed by atoms with Gasteiger partial charge in [-0.15, -0.1) is 0 Å². The van der Waals surface area contributed by atoms with E-state index in [9.17, 15) is 9.90 Å². The number of allylic oxidation sites excluding steroid dienone is 5. The van der Waals surface area contributed by atoms with Crippen LogP contribution in [0.3, 0.4) is 0 Å². The van der Waals surface area contributed by atoms with E-state index in [2.05, 4.69) is 65.8 Å². The molecule has 3 saturated carbocycles. The highest BCUT2D eigenvalue weighted by molar-refractivity contribution is 5.87. The Labute approximate surface area is 242 Å². The van der Waals surface area contributed by atoms with Crippen LogP contribution in [0.2, 0.25) is 0 Å². The first-order chi connectivity index (χ1) is 19.0. The molecule has 4 aliphatic rings. The van der Waals surface area contributed by atoms with Crippen LogP contribution in [0.5, 0.6) is 0 Å². The lowest BCUT2D eigenvalue weighted by molar-refractivity contribution is -0.156. The van der Waals surface area contributed by atoms with E-state index in [0.29, 0.717) is 53.8 Å². The Morgan fingerprint density at radius 1 is 1.00 bits per heavy atom. The standard InChI is InChI=1S/C37H50O3/c1-24(2)25(3)12-13-26(4)31-17-18-32-30-16-15-28-22-29(38)23-34(37(28,6)33(30)20-21-36(31,32)5)40-35(39)19-14-27-10-8-7-9-11-27/h7-16,19,24-26,29,31-34,38H,17-18,20-23H2,1-6H3/b13-12+,19-14+/t25-,26+,29-,31+,32-,33+,34?,36+,37+/m0/s1. The molecule has 0 radical (unpaired) electrons. The second-order valence-electron chi connectivity index (χ2n) is 14.1. The van der Waals surface area contributed by atoms with Gasteiger partial charge in [0, 0.05) is 17.9 Å². The lowest BCUT2D eigenvalue weighted by Crippen LogP contribution is -2.53. The van der Waals surface area contributed by atoms with Gasteiger partial charge in [-0.2, -0.15) is 0 Å². The zero-order valence-electron chi connectivity index (χ0n) is 25.5. The summed E-state index contributed by atoms with van der Waals surface area (Å²) in [5.74, 6) is 3.16. The number of carbonyl (C=O) groups excluding carboxylic acids is 1. The van der Waals surface area contributed by atoms with Crippen LogP contribution in [0.4, 0.5) is 0 Å². The number of carbonyl (C=O) groups is 1. The molecule has 1 N–H and O–H groups in total. The predicted octanol–water partition coefficient (Wildman–Crippen LogP) is 8.57. The molecule has 9 atom stereocenters. The number of esters is 1. The zero-order chi connectivity index (χ0) is 28.7. The van der Waals surface area contributed by atoms with Gasteiger partial charge in [0.1, 0.15) is 6.10 Å². The summed E-state index contributed by atoms with van der Waals surface area (Å²) in [4.78, 5) is 13.0. The van der Waals surface area contributed by atoms with E-state index in [1.54, 1.807) is 5.57 Å². The third kappa shape index (κ3) is 5.31. The van der Waals surface area contributed by atoms with Crippen LogP contribution in [0.1, 0.15) is 85.6 Å². The highest BCUT2D eigenvalue weighted by Gasteiger charge is 2.59. The maximum Gasteiger partial charge on any atom is 0.331 e. The summed E-state index contributed by atoms with van der Waals surface area (Å²) in [5.41, 5.74) is 3.83. The summed E-state index contributed by atoms with van der Waals surface area (Å²) < 4.78 is 6.21. The Kier molecular flexibility index (Phi) is 8.35. The van der Waals surface area contributed by atoms with Gasteiger partial charge >= 0.3 is 5.97 Å². The molecule has 40 heavy (non-hydrogen) atoms. The van der Waals surface area contributed by atoms with Gasteiger partial charge in [0.25, 0.3) is 0 Å². The van der Waals surface area contributed by atoms with Gasteiger partial charge in [0.15, 0.2) is 0 Å². The summed E-state index contributed by atoms with van der Waals surface area (Å²) >= 11 is 0. The van der Waals surface area contributed by atoms with Crippen LogP contribution >= 0.6 is 0 Å². The molecule has 0 aliphatic heterocycles. The van der Waals surface area contributed by atoms with Crippen molar-refractivity contribution in [3.8, 4) is 0 Å². The minimum Gasteiger partial charge on any atom is -0.458 e. The molecular weight excluding hydrogens is 492 g/mol. The van der Waals surface area contributed by atoms with Crippen molar-refractivity contribution in [3.63, 3.8) is 0 Å². The first-order valence-electron chi connectivity index (χ1n) is 15.7. The quantitative estimate of drug-likeness (QED) is 0.213. The van der Waals surface area contributed by atoms with Crippen molar-refractivity contribution in [3.05, 3.63) is 77.4 Å². The number of hydrogen-bond donors (Lipinski definition) is 1. The topological polar surface area (TPSA) is 46.5 Å². The van der Waals surface area contributed by atoms with Crippen LogP contribution in [-0.4, -0.2) is 23.3 Å². The van der Waals surface area contributed by atoms with Gasteiger partial charge in [0.05, 0.1) is 6.10 Å². The number of ether oxygens (including phenoxy) is 1. The zero-order valence-corrected chi connectivity index (χ0v) is 25.5. The fraction of sp³-hybridized carbons (Fsp3) is 0.595. The van der Waals surface area contributed by atoms with E-state index in [-0.39, 0.29) is 17.5 Å². The van der Waals surface area contributed by atoms with Gasteiger partial charge < -0.3 is 9.84 Å². The monoisotopic (exact) mass is 542 g/mol. The van der Waals surface area contributed by atoms with Crippen LogP contribution in [0, 0.1) is 46.3 Å². The van der Waals surface area contributed by atoms with Crippen molar-refractivity contribution in [2.45, 2.75) is 92.3 Å². The molecule has 0 saturated heterocycles. The molecule has 0 aromatic heterocycles. The molecule has 0 spiro atoms. The maximum absolute atomic E-state index is 13.0. The number of benzene rings is 1. The van der Waals surface area contributed by atoms with E-state index in [1.165, 1.54) is 30.9 Å². The Bertz CT molecular complexity index is 1190. The summed E-state index contributed by atoms with van der Waals surface area (Å²) in [6.45, 7) is 14.2. The molecule has 3 nitrogen and oxygen atoms in total. The molecule has 0 bridgehead atoms. The van der Waals surface area contributed by atoms with E-state index >= 15 is 0 Å². The Hall–Kier alpha value is -2.39. The number of hydrogen-bond acceptors (Lipinski definition) is 3. The van der Waals surface area contributed by atoms with E-state index in [4.69, 9.17) is 4.74 Å². The lowest BCUT2D eigenvalue weighted by atomic mass is 9.49.